The lowest BCUT2D eigenvalue weighted by molar-refractivity contribution is -0.377. The van der Waals surface area contributed by atoms with Crippen LogP contribution >= 0.6 is 0 Å². The summed E-state index contributed by atoms with van der Waals surface area (Å²) in [4.78, 5) is 13.0. The Labute approximate surface area is 78.3 Å². The van der Waals surface area contributed by atoms with Crippen molar-refractivity contribution in [2.24, 2.45) is 5.92 Å². The molecule has 0 aromatic carbocycles. The minimum Gasteiger partial charge on any atom is -0.445 e. The molecular weight excluding hydrogens is 168 g/mol. The normalized spacial score (nSPS) is 21.6. The molecule has 4 heteroatoms. The van der Waals surface area contributed by atoms with Gasteiger partial charge in [0.15, 0.2) is 0 Å². The van der Waals surface area contributed by atoms with Gasteiger partial charge in [-0.25, -0.2) is 4.79 Å². The average Bonchev–Trinajstić information content (AvgIpc) is 2.62. The molecule has 1 saturated heterocycles. The Kier molecular flexibility index (Phi) is 3.76. The lowest BCUT2D eigenvalue weighted by Crippen LogP contribution is -2.54. The second-order valence-corrected chi connectivity index (χ2v) is 3.25. The van der Waals surface area contributed by atoms with E-state index in [2.05, 4.69) is 12.3 Å². The van der Waals surface area contributed by atoms with E-state index in [1.165, 1.54) is 0 Å². The molecule has 1 aliphatic rings. The van der Waals surface area contributed by atoms with E-state index in [1.54, 1.807) is 11.0 Å². The Morgan fingerprint density at radius 3 is 3.08 bits per heavy atom. The molecule has 1 unspecified atom stereocenters. The quantitative estimate of drug-likeness (QED) is 0.623. The molecule has 0 bridgehead atoms. The van der Waals surface area contributed by atoms with Gasteiger partial charge in [0, 0.05) is 19.0 Å². The number of amides is 1. The number of hydrogen-bond acceptors (Lipinski definition) is 2. The van der Waals surface area contributed by atoms with Crippen LogP contribution < -0.4 is 5.73 Å². The van der Waals surface area contributed by atoms with Crippen LogP contribution in [0.5, 0.6) is 0 Å². The Balaban J connectivity index is 2.28. The summed E-state index contributed by atoms with van der Waals surface area (Å²) in [5, 5.41) is 0. The van der Waals surface area contributed by atoms with Crippen LogP contribution in [0.4, 0.5) is 4.79 Å². The van der Waals surface area contributed by atoms with Crippen molar-refractivity contribution in [1.29, 1.82) is 0 Å². The van der Waals surface area contributed by atoms with E-state index in [0.717, 1.165) is 26.1 Å². The lowest BCUT2D eigenvalue weighted by atomic mass is 10.1. The molecule has 1 rings (SSSR count). The van der Waals surface area contributed by atoms with Gasteiger partial charge in [-0.05, 0) is 6.42 Å². The molecule has 1 amide bonds. The van der Waals surface area contributed by atoms with Crippen LogP contribution in [-0.4, -0.2) is 37.2 Å². The van der Waals surface area contributed by atoms with Gasteiger partial charge in [0.05, 0.1) is 6.54 Å². The smallest absolute Gasteiger partial charge is 0.410 e. The minimum absolute atomic E-state index is 0.226. The van der Waals surface area contributed by atoms with E-state index < -0.39 is 0 Å². The highest BCUT2D eigenvalue weighted by Crippen LogP contribution is 2.14. The second-order valence-electron chi connectivity index (χ2n) is 3.25. The largest absolute Gasteiger partial charge is 0.445 e. The average molecular weight is 185 g/mol. The molecule has 0 radical (unpaired) electrons. The maximum atomic E-state index is 11.3. The number of quaternary nitrogens is 1. The Morgan fingerprint density at radius 1 is 1.77 bits per heavy atom. The monoisotopic (exact) mass is 185 g/mol. The summed E-state index contributed by atoms with van der Waals surface area (Å²) in [6.45, 7) is 6.27. The zero-order valence-electron chi connectivity index (χ0n) is 7.87. The van der Waals surface area contributed by atoms with Crippen molar-refractivity contribution in [2.45, 2.75) is 6.42 Å². The molecule has 4 nitrogen and oxygen atoms in total. The highest BCUT2D eigenvalue weighted by Gasteiger charge is 2.26. The molecule has 1 atom stereocenters. The van der Waals surface area contributed by atoms with Crippen molar-refractivity contribution in [2.75, 3.05) is 26.2 Å². The fraction of sp³-hybridized carbons (Fsp3) is 0.667. The first-order valence-corrected chi connectivity index (χ1v) is 4.59. The number of carbonyl (C=O) groups excluding carboxylic acids is 1. The number of ether oxygens (including phenoxy) is 1. The van der Waals surface area contributed by atoms with Crippen LogP contribution in [0.2, 0.25) is 0 Å². The molecule has 0 aromatic rings. The maximum absolute atomic E-state index is 11.3. The van der Waals surface area contributed by atoms with Crippen LogP contribution in [0, 0.1) is 5.92 Å². The molecule has 0 aromatic heterocycles. The van der Waals surface area contributed by atoms with Crippen LogP contribution in [0.3, 0.4) is 0 Å². The zero-order chi connectivity index (χ0) is 9.68. The molecule has 74 valence electrons. The van der Waals surface area contributed by atoms with Crippen molar-refractivity contribution in [3.05, 3.63) is 12.7 Å². The third kappa shape index (κ3) is 2.73. The topological polar surface area (TPSA) is 57.2 Å². The summed E-state index contributed by atoms with van der Waals surface area (Å²) in [6, 6.07) is 0. The van der Waals surface area contributed by atoms with Crippen molar-refractivity contribution in [3.63, 3.8) is 0 Å². The fourth-order valence-corrected chi connectivity index (χ4v) is 1.46. The maximum Gasteiger partial charge on any atom is 0.410 e. The van der Waals surface area contributed by atoms with Crippen LogP contribution in [0.25, 0.3) is 0 Å². The van der Waals surface area contributed by atoms with Crippen molar-refractivity contribution in [1.82, 2.24) is 4.90 Å². The summed E-state index contributed by atoms with van der Waals surface area (Å²) in [5.74, 6) is 0.552. The fourth-order valence-electron chi connectivity index (χ4n) is 1.46. The first-order valence-electron chi connectivity index (χ1n) is 4.59. The standard InChI is InChI=1S/C9H16N2O2/c1-2-5-13-9(12)11-4-3-8(6-10)7-11/h2,8H,1,3-7,10H2/p+1. The van der Waals surface area contributed by atoms with Crippen LogP contribution in [-0.2, 0) is 4.74 Å². The van der Waals surface area contributed by atoms with Gasteiger partial charge in [0.1, 0.15) is 6.61 Å². The number of hydrogen-bond donors (Lipinski definition) is 1. The highest BCUT2D eigenvalue weighted by atomic mass is 16.6. The number of likely N-dealkylation sites (tertiary alicyclic amines) is 1. The van der Waals surface area contributed by atoms with E-state index in [0.29, 0.717) is 12.5 Å². The van der Waals surface area contributed by atoms with Crippen LogP contribution in [0.15, 0.2) is 12.7 Å². The number of nitrogens with zero attached hydrogens (tertiary/aromatic N) is 1. The van der Waals surface area contributed by atoms with Crippen molar-refractivity contribution >= 4 is 6.09 Å². The van der Waals surface area contributed by atoms with E-state index in [-0.39, 0.29) is 6.09 Å². The number of rotatable bonds is 3. The SMILES string of the molecule is C=CCOC(=O)N1CCC(C[NH3+])C1. The van der Waals surface area contributed by atoms with Crippen molar-refractivity contribution in [3.8, 4) is 0 Å². The second kappa shape index (κ2) is 4.87. The molecule has 0 aliphatic carbocycles. The molecule has 1 heterocycles. The van der Waals surface area contributed by atoms with E-state index in [1.807, 2.05) is 0 Å². The Bertz CT molecular complexity index is 194. The summed E-state index contributed by atoms with van der Waals surface area (Å²) >= 11 is 0. The number of carbonyl (C=O) groups is 1. The van der Waals surface area contributed by atoms with Gasteiger partial charge < -0.3 is 15.4 Å². The first-order chi connectivity index (χ1) is 6.27. The molecule has 0 saturated carbocycles. The molecule has 1 fully saturated rings. The summed E-state index contributed by atoms with van der Waals surface area (Å²) in [7, 11) is 0. The molecular formula is C9H17N2O2+. The van der Waals surface area contributed by atoms with Gasteiger partial charge >= 0.3 is 6.09 Å². The predicted molar refractivity (Wildman–Crippen MR) is 49.0 cm³/mol. The molecule has 13 heavy (non-hydrogen) atoms. The van der Waals surface area contributed by atoms with Gasteiger partial charge in [-0.15, -0.1) is 0 Å². The first kappa shape index (κ1) is 10.1. The highest BCUT2D eigenvalue weighted by molar-refractivity contribution is 5.68. The van der Waals surface area contributed by atoms with Gasteiger partial charge in [-0.1, -0.05) is 12.7 Å². The third-order valence-electron chi connectivity index (χ3n) is 2.28. The Morgan fingerprint density at radius 2 is 2.54 bits per heavy atom. The summed E-state index contributed by atoms with van der Waals surface area (Å²) < 4.78 is 4.92. The molecule has 0 spiro atoms. The van der Waals surface area contributed by atoms with E-state index in [9.17, 15) is 4.79 Å². The van der Waals surface area contributed by atoms with E-state index in [4.69, 9.17) is 4.74 Å². The summed E-state index contributed by atoms with van der Waals surface area (Å²) in [5.41, 5.74) is 3.83. The zero-order valence-corrected chi connectivity index (χ0v) is 7.87. The lowest BCUT2D eigenvalue weighted by Gasteiger charge is -2.14. The van der Waals surface area contributed by atoms with Crippen molar-refractivity contribution < 1.29 is 15.3 Å². The Hall–Kier alpha value is -1.03. The molecule has 3 N–H and O–H groups in total. The van der Waals surface area contributed by atoms with Crippen LogP contribution in [0.1, 0.15) is 6.42 Å². The van der Waals surface area contributed by atoms with Gasteiger partial charge in [0.2, 0.25) is 0 Å². The van der Waals surface area contributed by atoms with E-state index >= 15 is 0 Å². The molecule has 1 aliphatic heterocycles. The minimum atomic E-state index is -0.226. The summed E-state index contributed by atoms with van der Waals surface area (Å²) in [6.07, 6.45) is 2.40. The third-order valence-corrected chi connectivity index (χ3v) is 2.28. The predicted octanol–water partition coefficient (Wildman–Crippen LogP) is -0.127. The van der Waals surface area contributed by atoms with Gasteiger partial charge in [-0.3, -0.25) is 0 Å². The van der Waals surface area contributed by atoms with Gasteiger partial charge in [0.25, 0.3) is 0 Å². The van der Waals surface area contributed by atoms with Gasteiger partial charge in [-0.2, -0.15) is 0 Å².